The molecule has 2 amide bonds. The number of hydrogen-bond donors (Lipinski definition) is 1. The number of rotatable bonds is 7. The highest BCUT2D eigenvalue weighted by Gasteiger charge is 2.32. The Labute approximate surface area is 159 Å². The van der Waals surface area contributed by atoms with Gasteiger partial charge in [-0.3, -0.25) is 9.69 Å². The highest BCUT2D eigenvalue weighted by molar-refractivity contribution is 5.89. The molecule has 1 aliphatic heterocycles. The molecule has 0 aromatic heterocycles. The van der Waals surface area contributed by atoms with Crippen LogP contribution in [0.3, 0.4) is 0 Å². The molecule has 0 radical (unpaired) electrons. The number of carbonyl (C=O) groups excluding carboxylic acids is 2. The molecule has 6 nitrogen and oxygen atoms in total. The molecule has 2 aromatic carbocycles. The van der Waals surface area contributed by atoms with Gasteiger partial charge in [-0.05, 0) is 43.7 Å². The third-order valence-corrected chi connectivity index (χ3v) is 4.35. The van der Waals surface area contributed by atoms with Gasteiger partial charge in [-0.2, -0.15) is 0 Å². The molecule has 1 aliphatic rings. The molecule has 0 aliphatic carbocycles. The van der Waals surface area contributed by atoms with E-state index in [1.165, 1.54) is 0 Å². The fourth-order valence-corrected chi connectivity index (χ4v) is 2.91. The normalized spacial score (nSPS) is 16.1. The SMILES string of the molecule is CCOc1ccc(CC(=O)NCC2CN(c3ccc(C)cc3)C(=O)O2)cc1. The second-order valence-electron chi connectivity index (χ2n) is 6.51. The lowest BCUT2D eigenvalue weighted by Crippen LogP contribution is -2.35. The molecule has 1 saturated heterocycles. The smallest absolute Gasteiger partial charge is 0.414 e. The van der Waals surface area contributed by atoms with Crippen LogP contribution in [0, 0.1) is 6.92 Å². The van der Waals surface area contributed by atoms with E-state index < -0.39 is 0 Å². The fourth-order valence-electron chi connectivity index (χ4n) is 2.91. The molecule has 0 bridgehead atoms. The fraction of sp³-hybridized carbons (Fsp3) is 0.333. The number of cyclic esters (lactones) is 1. The summed E-state index contributed by atoms with van der Waals surface area (Å²) in [5.41, 5.74) is 2.83. The Morgan fingerprint density at radius 2 is 1.89 bits per heavy atom. The Morgan fingerprint density at radius 3 is 2.56 bits per heavy atom. The lowest BCUT2D eigenvalue weighted by atomic mass is 10.1. The van der Waals surface area contributed by atoms with Crippen molar-refractivity contribution >= 4 is 17.7 Å². The number of anilines is 1. The van der Waals surface area contributed by atoms with E-state index in [9.17, 15) is 9.59 Å². The van der Waals surface area contributed by atoms with Crippen LogP contribution in [-0.2, 0) is 16.0 Å². The minimum atomic E-state index is -0.385. The van der Waals surface area contributed by atoms with Crippen molar-refractivity contribution in [2.75, 3.05) is 24.6 Å². The Kier molecular flexibility index (Phi) is 5.96. The monoisotopic (exact) mass is 368 g/mol. The first-order valence-corrected chi connectivity index (χ1v) is 9.08. The van der Waals surface area contributed by atoms with Gasteiger partial charge in [-0.25, -0.2) is 4.79 Å². The highest BCUT2D eigenvalue weighted by Crippen LogP contribution is 2.21. The van der Waals surface area contributed by atoms with E-state index in [1.807, 2.05) is 62.4 Å². The number of aryl methyl sites for hydroxylation is 1. The van der Waals surface area contributed by atoms with Gasteiger partial charge in [0.1, 0.15) is 11.9 Å². The van der Waals surface area contributed by atoms with E-state index >= 15 is 0 Å². The van der Waals surface area contributed by atoms with Gasteiger partial charge in [-0.15, -0.1) is 0 Å². The zero-order valence-electron chi connectivity index (χ0n) is 15.6. The predicted molar refractivity (Wildman–Crippen MR) is 103 cm³/mol. The van der Waals surface area contributed by atoms with Crippen molar-refractivity contribution in [1.82, 2.24) is 5.32 Å². The van der Waals surface area contributed by atoms with Crippen molar-refractivity contribution in [3.05, 3.63) is 59.7 Å². The van der Waals surface area contributed by atoms with Crippen LogP contribution in [0.1, 0.15) is 18.1 Å². The second-order valence-corrected chi connectivity index (χ2v) is 6.51. The maximum atomic E-state index is 12.2. The second kappa shape index (κ2) is 8.58. The van der Waals surface area contributed by atoms with Crippen molar-refractivity contribution in [2.24, 2.45) is 0 Å². The van der Waals surface area contributed by atoms with Crippen LogP contribution in [0.5, 0.6) is 5.75 Å². The van der Waals surface area contributed by atoms with Crippen molar-refractivity contribution in [3.8, 4) is 5.75 Å². The number of nitrogens with one attached hydrogen (secondary N) is 1. The molecular formula is C21H24N2O4. The number of ether oxygens (including phenoxy) is 2. The molecule has 6 heteroatoms. The zero-order chi connectivity index (χ0) is 19.2. The number of amides is 2. The third-order valence-electron chi connectivity index (χ3n) is 4.35. The molecular weight excluding hydrogens is 344 g/mol. The highest BCUT2D eigenvalue weighted by atomic mass is 16.6. The van der Waals surface area contributed by atoms with Gasteiger partial charge in [0.15, 0.2) is 0 Å². The summed E-state index contributed by atoms with van der Waals surface area (Å²) in [6.45, 7) is 5.25. The largest absolute Gasteiger partial charge is 0.494 e. The van der Waals surface area contributed by atoms with Crippen LogP contribution < -0.4 is 15.0 Å². The Bertz CT molecular complexity index is 787. The Balaban J connectivity index is 1.47. The molecule has 142 valence electrons. The molecule has 0 spiro atoms. The molecule has 1 fully saturated rings. The van der Waals surface area contributed by atoms with E-state index in [4.69, 9.17) is 9.47 Å². The Hall–Kier alpha value is -3.02. The summed E-state index contributed by atoms with van der Waals surface area (Å²) in [4.78, 5) is 25.8. The number of nitrogens with zero attached hydrogens (tertiary/aromatic N) is 1. The standard InChI is InChI=1S/C21H24N2O4/c1-3-26-18-10-6-16(7-11-18)12-20(24)22-13-19-14-23(21(25)27-19)17-8-4-15(2)5-9-17/h4-11,19H,3,12-14H2,1-2H3,(H,22,24). The van der Waals surface area contributed by atoms with Gasteiger partial charge < -0.3 is 14.8 Å². The van der Waals surface area contributed by atoms with E-state index in [2.05, 4.69) is 5.32 Å². The molecule has 0 saturated carbocycles. The van der Waals surface area contributed by atoms with Crippen LogP contribution in [-0.4, -0.2) is 37.8 Å². The molecule has 1 heterocycles. The van der Waals surface area contributed by atoms with Gasteiger partial charge in [0.2, 0.25) is 5.91 Å². The van der Waals surface area contributed by atoms with Gasteiger partial charge >= 0.3 is 6.09 Å². The Morgan fingerprint density at radius 1 is 1.19 bits per heavy atom. The number of hydrogen-bond acceptors (Lipinski definition) is 4. The van der Waals surface area contributed by atoms with Crippen molar-refractivity contribution in [2.45, 2.75) is 26.4 Å². The van der Waals surface area contributed by atoms with E-state index in [-0.39, 0.29) is 24.5 Å². The summed E-state index contributed by atoms with van der Waals surface area (Å²) in [6.07, 6.45) is -0.470. The quantitative estimate of drug-likeness (QED) is 0.816. The topological polar surface area (TPSA) is 67.9 Å². The summed E-state index contributed by atoms with van der Waals surface area (Å²) in [7, 11) is 0. The molecule has 27 heavy (non-hydrogen) atoms. The average molecular weight is 368 g/mol. The molecule has 3 rings (SSSR count). The first-order valence-electron chi connectivity index (χ1n) is 9.08. The van der Waals surface area contributed by atoms with Crippen molar-refractivity contribution in [1.29, 1.82) is 0 Å². The van der Waals surface area contributed by atoms with E-state index in [0.29, 0.717) is 19.7 Å². The maximum Gasteiger partial charge on any atom is 0.414 e. The van der Waals surface area contributed by atoms with E-state index in [1.54, 1.807) is 4.90 Å². The lowest BCUT2D eigenvalue weighted by molar-refractivity contribution is -0.120. The predicted octanol–water partition coefficient (Wildman–Crippen LogP) is 3.08. The lowest BCUT2D eigenvalue weighted by Gasteiger charge is -2.13. The zero-order valence-corrected chi connectivity index (χ0v) is 15.6. The average Bonchev–Trinajstić information content (AvgIpc) is 3.03. The first-order chi connectivity index (χ1) is 13.0. The van der Waals surface area contributed by atoms with Crippen LogP contribution in [0.15, 0.2) is 48.5 Å². The van der Waals surface area contributed by atoms with Gasteiger partial charge in [0.05, 0.1) is 26.1 Å². The molecule has 1 N–H and O–H groups in total. The van der Waals surface area contributed by atoms with Gasteiger partial charge in [0, 0.05) is 5.69 Å². The van der Waals surface area contributed by atoms with Crippen LogP contribution in [0.2, 0.25) is 0 Å². The summed E-state index contributed by atoms with van der Waals surface area (Å²) < 4.78 is 10.7. The summed E-state index contributed by atoms with van der Waals surface area (Å²) in [6, 6.07) is 15.1. The van der Waals surface area contributed by atoms with Crippen LogP contribution in [0.4, 0.5) is 10.5 Å². The van der Waals surface area contributed by atoms with Gasteiger partial charge in [0.25, 0.3) is 0 Å². The first kappa shape index (κ1) is 18.8. The van der Waals surface area contributed by atoms with E-state index in [0.717, 1.165) is 22.6 Å². The third kappa shape index (κ3) is 5.00. The summed E-state index contributed by atoms with van der Waals surface area (Å²) >= 11 is 0. The maximum absolute atomic E-state index is 12.2. The minimum Gasteiger partial charge on any atom is -0.494 e. The molecule has 2 aromatic rings. The van der Waals surface area contributed by atoms with Crippen LogP contribution >= 0.6 is 0 Å². The number of benzene rings is 2. The minimum absolute atomic E-state index is 0.107. The van der Waals surface area contributed by atoms with Crippen molar-refractivity contribution in [3.63, 3.8) is 0 Å². The summed E-state index contributed by atoms with van der Waals surface area (Å²) in [5.74, 6) is 0.680. The number of carbonyl (C=O) groups is 2. The molecule has 1 unspecified atom stereocenters. The molecule has 1 atom stereocenters. The van der Waals surface area contributed by atoms with Crippen molar-refractivity contribution < 1.29 is 19.1 Å². The summed E-state index contributed by atoms with van der Waals surface area (Å²) in [5, 5.41) is 2.84. The van der Waals surface area contributed by atoms with Crippen LogP contribution in [0.25, 0.3) is 0 Å². The van der Waals surface area contributed by atoms with Gasteiger partial charge in [-0.1, -0.05) is 29.8 Å².